The van der Waals surface area contributed by atoms with Crippen molar-refractivity contribution in [3.05, 3.63) is 33.8 Å². The smallest absolute Gasteiger partial charge is 0.106 e. The molecule has 3 N–H and O–H groups in total. The molecule has 1 aromatic rings. The summed E-state index contributed by atoms with van der Waals surface area (Å²) in [6, 6.07) is 5.70. The number of aryl methyl sites for hydroxylation is 1. The van der Waals surface area contributed by atoms with E-state index >= 15 is 0 Å². The largest absolute Gasteiger partial charge is 0.390 e. The third-order valence-electron chi connectivity index (χ3n) is 2.53. The molecule has 3 nitrogen and oxygen atoms in total. The van der Waals surface area contributed by atoms with Crippen LogP contribution in [-0.2, 0) is 0 Å². The van der Waals surface area contributed by atoms with Gasteiger partial charge in [-0.1, -0.05) is 28.1 Å². The molecule has 0 aromatic heterocycles. The number of rotatable bonds is 5. The molecule has 16 heavy (non-hydrogen) atoms. The van der Waals surface area contributed by atoms with E-state index in [-0.39, 0.29) is 0 Å². The monoisotopic (exact) mass is 287 g/mol. The van der Waals surface area contributed by atoms with Gasteiger partial charge in [0.1, 0.15) is 6.10 Å². The molecule has 4 heteroatoms. The molecule has 0 fully saturated rings. The number of nitrogens with one attached hydrogen (secondary N) is 1. The Hall–Kier alpha value is -0.420. The number of aliphatic hydroxyl groups excluding tert-OH is 2. The maximum atomic E-state index is 9.98. The molecule has 90 valence electrons. The van der Waals surface area contributed by atoms with Crippen LogP contribution in [0.3, 0.4) is 0 Å². The molecule has 0 saturated heterocycles. The van der Waals surface area contributed by atoms with Gasteiger partial charge in [-0.2, -0.15) is 0 Å². The predicted octanol–water partition coefficient (Wildman–Crippen LogP) is 1.76. The van der Waals surface area contributed by atoms with Crippen molar-refractivity contribution >= 4 is 15.9 Å². The van der Waals surface area contributed by atoms with Gasteiger partial charge in [-0.05, 0) is 44.1 Å². The summed E-state index contributed by atoms with van der Waals surface area (Å²) in [5.74, 6) is 0. The summed E-state index contributed by atoms with van der Waals surface area (Å²) >= 11 is 3.40. The Morgan fingerprint density at radius 1 is 1.38 bits per heavy atom. The third kappa shape index (κ3) is 3.56. The van der Waals surface area contributed by atoms with Crippen LogP contribution in [0, 0.1) is 6.92 Å². The molecule has 2 atom stereocenters. The lowest BCUT2D eigenvalue weighted by Crippen LogP contribution is -2.23. The molecule has 1 aromatic carbocycles. The highest BCUT2D eigenvalue weighted by Crippen LogP contribution is 2.27. The van der Waals surface area contributed by atoms with E-state index < -0.39 is 12.2 Å². The first kappa shape index (κ1) is 13.6. The first-order chi connectivity index (χ1) is 7.56. The second-order valence-electron chi connectivity index (χ2n) is 3.93. The third-order valence-corrected chi connectivity index (χ3v) is 3.22. The number of halogens is 1. The van der Waals surface area contributed by atoms with Crippen LogP contribution in [0.2, 0.25) is 0 Å². The minimum atomic E-state index is -0.844. The average molecular weight is 288 g/mol. The summed E-state index contributed by atoms with van der Waals surface area (Å²) in [4.78, 5) is 0. The average Bonchev–Trinajstić information content (AvgIpc) is 2.25. The standard InChI is InChI=1S/C12H18BrNO2/c1-8-3-4-9(10(13)7-8)12(16)11(15)5-6-14-2/h3-4,7,11-12,14-16H,5-6H2,1-2H3. The Labute approximate surface area is 105 Å². The molecule has 1 rings (SSSR count). The lowest BCUT2D eigenvalue weighted by atomic mass is 10.0. The summed E-state index contributed by atoms with van der Waals surface area (Å²) < 4.78 is 0.837. The molecule has 0 radical (unpaired) electrons. The van der Waals surface area contributed by atoms with E-state index in [4.69, 9.17) is 0 Å². The molecule has 2 unspecified atom stereocenters. The highest BCUT2D eigenvalue weighted by molar-refractivity contribution is 9.10. The van der Waals surface area contributed by atoms with Gasteiger partial charge in [-0.15, -0.1) is 0 Å². The number of aliphatic hydroxyl groups is 2. The van der Waals surface area contributed by atoms with E-state index in [1.54, 1.807) is 0 Å². The van der Waals surface area contributed by atoms with Crippen LogP contribution in [0.15, 0.2) is 22.7 Å². The molecule has 0 bridgehead atoms. The summed E-state index contributed by atoms with van der Waals surface area (Å²) in [6.07, 6.45) is -1.06. The zero-order valence-electron chi connectivity index (χ0n) is 9.57. The van der Waals surface area contributed by atoms with Gasteiger partial charge in [0.15, 0.2) is 0 Å². The van der Waals surface area contributed by atoms with E-state index in [1.165, 1.54) is 0 Å². The van der Waals surface area contributed by atoms with Gasteiger partial charge in [0.2, 0.25) is 0 Å². The Kier molecular flexibility index (Phi) is 5.41. The fourth-order valence-electron chi connectivity index (χ4n) is 1.53. The highest BCUT2D eigenvalue weighted by atomic mass is 79.9. The molecule has 0 heterocycles. The topological polar surface area (TPSA) is 52.5 Å². The number of hydrogen-bond donors (Lipinski definition) is 3. The molecule has 0 aliphatic carbocycles. The highest BCUT2D eigenvalue weighted by Gasteiger charge is 2.19. The van der Waals surface area contributed by atoms with Crippen LogP contribution >= 0.6 is 15.9 Å². The minimum absolute atomic E-state index is 0.526. The van der Waals surface area contributed by atoms with Crippen molar-refractivity contribution in [3.8, 4) is 0 Å². The Morgan fingerprint density at radius 3 is 2.62 bits per heavy atom. The van der Waals surface area contributed by atoms with E-state index in [1.807, 2.05) is 32.2 Å². The Balaban J connectivity index is 2.75. The normalized spacial score (nSPS) is 14.8. The molecule has 0 amide bonds. The van der Waals surface area contributed by atoms with Gasteiger partial charge in [0.05, 0.1) is 6.10 Å². The quantitative estimate of drug-likeness (QED) is 0.774. The minimum Gasteiger partial charge on any atom is -0.390 e. The summed E-state index contributed by atoms with van der Waals surface area (Å²) in [5.41, 5.74) is 1.85. The van der Waals surface area contributed by atoms with Gasteiger partial charge in [-0.25, -0.2) is 0 Å². The fraction of sp³-hybridized carbons (Fsp3) is 0.500. The molecular weight excluding hydrogens is 270 g/mol. The van der Waals surface area contributed by atoms with Crippen molar-refractivity contribution in [2.24, 2.45) is 0 Å². The lowest BCUT2D eigenvalue weighted by Gasteiger charge is -2.19. The van der Waals surface area contributed by atoms with Crippen molar-refractivity contribution in [2.45, 2.75) is 25.6 Å². The zero-order chi connectivity index (χ0) is 12.1. The van der Waals surface area contributed by atoms with E-state index in [9.17, 15) is 10.2 Å². The lowest BCUT2D eigenvalue weighted by molar-refractivity contribution is 0.0136. The second-order valence-corrected chi connectivity index (χ2v) is 4.78. The van der Waals surface area contributed by atoms with E-state index in [0.29, 0.717) is 13.0 Å². The summed E-state index contributed by atoms with van der Waals surface area (Å²) in [7, 11) is 1.82. The predicted molar refractivity (Wildman–Crippen MR) is 68.4 cm³/mol. The van der Waals surface area contributed by atoms with Crippen LogP contribution in [0.4, 0.5) is 0 Å². The Bertz CT molecular complexity index is 344. The summed E-state index contributed by atoms with van der Waals surface area (Å²) in [6.45, 7) is 2.67. The number of hydrogen-bond acceptors (Lipinski definition) is 3. The molecule has 0 saturated carbocycles. The first-order valence-corrected chi connectivity index (χ1v) is 6.12. The SMILES string of the molecule is CNCCC(O)C(O)c1ccc(C)cc1Br. The van der Waals surface area contributed by atoms with Crippen LogP contribution in [0.5, 0.6) is 0 Å². The van der Waals surface area contributed by atoms with Crippen molar-refractivity contribution in [2.75, 3.05) is 13.6 Å². The van der Waals surface area contributed by atoms with Crippen molar-refractivity contribution in [1.82, 2.24) is 5.32 Å². The van der Waals surface area contributed by atoms with Crippen molar-refractivity contribution < 1.29 is 10.2 Å². The van der Waals surface area contributed by atoms with E-state index in [0.717, 1.165) is 15.6 Å². The van der Waals surface area contributed by atoms with Gasteiger partial charge < -0.3 is 15.5 Å². The van der Waals surface area contributed by atoms with Gasteiger partial charge >= 0.3 is 0 Å². The van der Waals surface area contributed by atoms with Crippen LogP contribution in [0.25, 0.3) is 0 Å². The summed E-state index contributed by atoms with van der Waals surface area (Å²) in [5, 5.41) is 22.7. The van der Waals surface area contributed by atoms with Crippen molar-refractivity contribution in [1.29, 1.82) is 0 Å². The van der Waals surface area contributed by atoms with Crippen LogP contribution in [0.1, 0.15) is 23.7 Å². The van der Waals surface area contributed by atoms with E-state index in [2.05, 4.69) is 21.2 Å². The maximum absolute atomic E-state index is 9.98. The Morgan fingerprint density at radius 2 is 2.06 bits per heavy atom. The van der Waals surface area contributed by atoms with Gasteiger partial charge in [0.25, 0.3) is 0 Å². The zero-order valence-corrected chi connectivity index (χ0v) is 11.2. The second kappa shape index (κ2) is 6.35. The van der Waals surface area contributed by atoms with Gasteiger partial charge in [0, 0.05) is 4.47 Å². The number of benzene rings is 1. The van der Waals surface area contributed by atoms with Crippen LogP contribution < -0.4 is 5.32 Å². The van der Waals surface area contributed by atoms with Gasteiger partial charge in [-0.3, -0.25) is 0 Å². The molecule has 0 aliphatic heterocycles. The fourth-order valence-corrected chi connectivity index (χ4v) is 2.26. The van der Waals surface area contributed by atoms with Crippen molar-refractivity contribution in [3.63, 3.8) is 0 Å². The molecule has 0 spiro atoms. The molecule has 0 aliphatic rings. The first-order valence-electron chi connectivity index (χ1n) is 5.33. The molecular formula is C12H18BrNO2. The van der Waals surface area contributed by atoms with Crippen LogP contribution in [-0.4, -0.2) is 29.9 Å². The maximum Gasteiger partial charge on any atom is 0.106 e.